The van der Waals surface area contributed by atoms with Crippen molar-refractivity contribution in [3.63, 3.8) is 0 Å². The van der Waals surface area contributed by atoms with Gasteiger partial charge in [0, 0.05) is 30.0 Å². The number of rotatable bonds is 3. The third-order valence-electron chi connectivity index (χ3n) is 5.41. The smallest absolute Gasteiger partial charge is 0.414 e. The monoisotopic (exact) mass is 468 g/mol. The maximum atomic E-state index is 12.7. The molecule has 29 heavy (non-hydrogen) atoms. The minimum absolute atomic E-state index is 0.251. The lowest BCUT2D eigenvalue weighted by Gasteiger charge is -2.37. The van der Waals surface area contributed by atoms with Gasteiger partial charge in [0.1, 0.15) is 0 Å². The number of hydrogen-bond donors (Lipinski definition) is 2. The van der Waals surface area contributed by atoms with Gasteiger partial charge in [-0.05, 0) is 62.4 Å². The molecule has 2 aliphatic rings. The Hall–Kier alpha value is -1.93. The van der Waals surface area contributed by atoms with Crippen LogP contribution in [0.2, 0.25) is 0 Å². The number of hydrogen-bond acceptors (Lipinski definition) is 4. The van der Waals surface area contributed by atoms with Gasteiger partial charge in [0.15, 0.2) is 0 Å². The van der Waals surface area contributed by atoms with Gasteiger partial charge in [0.2, 0.25) is 5.91 Å². The summed E-state index contributed by atoms with van der Waals surface area (Å²) in [7, 11) is 0. The summed E-state index contributed by atoms with van der Waals surface area (Å²) in [5, 5.41) is 14.8. The summed E-state index contributed by atoms with van der Waals surface area (Å²) in [6, 6.07) is 8.55. The first kappa shape index (κ1) is 23.3. The van der Waals surface area contributed by atoms with Gasteiger partial charge in [0.25, 0.3) is 0 Å². The fraction of sp³-hybridized carbons (Fsp3) is 0.571. The molecule has 160 valence electrons. The van der Waals surface area contributed by atoms with Crippen molar-refractivity contribution >= 4 is 33.8 Å². The molecule has 2 N–H and O–H groups in total. The van der Waals surface area contributed by atoms with Crippen LogP contribution in [0.4, 0.5) is 0 Å². The Labute approximate surface area is 179 Å². The first-order chi connectivity index (χ1) is 13.8. The van der Waals surface area contributed by atoms with Crippen LogP contribution in [-0.2, 0) is 20.9 Å². The summed E-state index contributed by atoms with van der Waals surface area (Å²) in [4.78, 5) is 35.5. The zero-order valence-corrected chi connectivity index (χ0v) is 18.3. The first-order valence-corrected chi connectivity index (χ1v) is 10.8. The average Bonchev–Trinajstić information content (AvgIpc) is 2.70. The largest absolute Gasteiger partial charge is 0.473 e. The van der Waals surface area contributed by atoms with Crippen molar-refractivity contribution in [1.29, 1.82) is 0 Å². The molecule has 3 rings (SSSR count). The maximum absolute atomic E-state index is 12.7. The molecule has 1 unspecified atom stereocenters. The third kappa shape index (κ3) is 7.78. The van der Waals surface area contributed by atoms with E-state index >= 15 is 0 Å². The minimum Gasteiger partial charge on any atom is -0.473 e. The van der Waals surface area contributed by atoms with Gasteiger partial charge >= 0.3 is 11.9 Å². The summed E-state index contributed by atoms with van der Waals surface area (Å²) >= 11 is 3.48. The lowest BCUT2D eigenvalue weighted by molar-refractivity contribution is -0.159. The molecule has 7 nitrogen and oxygen atoms in total. The molecular formula is C21H29BrN2O5. The number of carboxylic acid groups (broad SMARTS) is 2. The summed E-state index contributed by atoms with van der Waals surface area (Å²) in [5.41, 5.74) is 1.35. The number of carbonyl (C=O) groups is 3. The van der Waals surface area contributed by atoms with E-state index in [1.807, 2.05) is 0 Å². The van der Waals surface area contributed by atoms with E-state index in [9.17, 15) is 4.79 Å². The number of piperidine rings is 2. The highest BCUT2D eigenvalue weighted by Gasteiger charge is 2.30. The van der Waals surface area contributed by atoms with Crippen molar-refractivity contribution in [2.24, 2.45) is 11.8 Å². The van der Waals surface area contributed by atoms with Gasteiger partial charge in [-0.3, -0.25) is 9.69 Å². The van der Waals surface area contributed by atoms with E-state index in [2.05, 4.69) is 56.9 Å². The van der Waals surface area contributed by atoms with Gasteiger partial charge in [0.05, 0.1) is 0 Å². The van der Waals surface area contributed by atoms with Crippen LogP contribution in [0.5, 0.6) is 0 Å². The molecule has 0 aliphatic carbocycles. The third-order valence-corrected chi connectivity index (χ3v) is 5.94. The van der Waals surface area contributed by atoms with E-state index in [0.29, 0.717) is 11.8 Å². The average molecular weight is 469 g/mol. The molecular weight excluding hydrogens is 440 g/mol. The van der Waals surface area contributed by atoms with Crippen LogP contribution >= 0.6 is 15.9 Å². The Bertz CT molecular complexity index is 690. The van der Waals surface area contributed by atoms with E-state index < -0.39 is 11.9 Å². The Kier molecular flexibility index (Phi) is 9.10. The second kappa shape index (κ2) is 11.3. The second-order valence-electron chi connectivity index (χ2n) is 7.82. The zero-order valence-electron chi connectivity index (χ0n) is 16.7. The zero-order chi connectivity index (χ0) is 21.4. The number of carboxylic acids is 2. The SMILES string of the molecule is CC1CCCN(C(=O)C2CCN(Cc3ccc(Br)cc3)CC2)C1.O=C(O)C(=O)O. The van der Waals surface area contributed by atoms with Crippen molar-refractivity contribution in [2.45, 2.75) is 39.2 Å². The van der Waals surface area contributed by atoms with E-state index in [1.54, 1.807) is 0 Å². The van der Waals surface area contributed by atoms with Crippen LogP contribution in [0.25, 0.3) is 0 Å². The van der Waals surface area contributed by atoms with E-state index in [1.165, 1.54) is 18.4 Å². The second-order valence-corrected chi connectivity index (χ2v) is 8.73. The molecule has 2 saturated heterocycles. The molecule has 8 heteroatoms. The van der Waals surface area contributed by atoms with Gasteiger partial charge in [-0.15, -0.1) is 0 Å². The standard InChI is InChI=1S/C19H27BrN2O.C2H2O4/c1-15-3-2-10-22(13-15)19(23)17-8-11-21(12-9-17)14-16-4-6-18(20)7-5-16;3-1(4)2(5)6/h4-7,15,17H,2-3,8-14H2,1H3;(H,3,4)(H,5,6). The highest BCUT2D eigenvalue weighted by Crippen LogP contribution is 2.24. The van der Waals surface area contributed by atoms with Crippen LogP contribution < -0.4 is 0 Å². The van der Waals surface area contributed by atoms with Crippen LogP contribution in [0, 0.1) is 11.8 Å². The highest BCUT2D eigenvalue weighted by molar-refractivity contribution is 9.10. The van der Waals surface area contributed by atoms with E-state index in [-0.39, 0.29) is 5.92 Å². The molecule has 1 amide bonds. The Morgan fingerprint density at radius 1 is 1.00 bits per heavy atom. The quantitative estimate of drug-likeness (QED) is 0.661. The summed E-state index contributed by atoms with van der Waals surface area (Å²) < 4.78 is 1.13. The number of carbonyl (C=O) groups excluding carboxylic acids is 1. The molecule has 1 aromatic carbocycles. The number of likely N-dealkylation sites (tertiary alicyclic amines) is 2. The Morgan fingerprint density at radius 3 is 2.10 bits per heavy atom. The normalized spacial score (nSPS) is 20.5. The lowest BCUT2D eigenvalue weighted by Crippen LogP contribution is -2.45. The molecule has 0 spiro atoms. The van der Waals surface area contributed by atoms with Gasteiger partial charge in [-0.25, -0.2) is 9.59 Å². The van der Waals surface area contributed by atoms with Crippen LogP contribution in [0.3, 0.4) is 0 Å². The molecule has 0 radical (unpaired) electrons. The molecule has 0 bridgehead atoms. The van der Waals surface area contributed by atoms with Crippen molar-refractivity contribution in [1.82, 2.24) is 9.80 Å². The number of aliphatic carboxylic acids is 2. The van der Waals surface area contributed by atoms with Crippen LogP contribution in [0.1, 0.15) is 38.2 Å². The number of amides is 1. The predicted octanol–water partition coefficient (Wildman–Crippen LogP) is 3.08. The maximum Gasteiger partial charge on any atom is 0.414 e. The summed E-state index contributed by atoms with van der Waals surface area (Å²) in [6.45, 7) is 7.28. The molecule has 1 atom stereocenters. The lowest BCUT2D eigenvalue weighted by atomic mass is 9.92. The molecule has 0 aromatic heterocycles. The van der Waals surface area contributed by atoms with Gasteiger partial charge in [-0.2, -0.15) is 0 Å². The van der Waals surface area contributed by atoms with E-state index in [0.717, 1.165) is 50.0 Å². The topological polar surface area (TPSA) is 98.2 Å². The number of nitrogens with zero attached hydrogens (tertiary/aromatic N) is 2. The molecule has 2 aliphatic heterocycles. The van der Waals surface area contributed by atoms with Crippen molar-refractivity contribution in [3.05, 3.63) is 34.3 Å². The van der Waals surface area contributed by atoms with Crippen molar-refractivity contribution in [3.8, 4) is 0 Å². The van der Waals surface area contributed by atoms with Crippen LogP contribution in [0.15, 0.2) is 28.7 Å². The molecule has 2 fully saturated rings. The van der Waals surface area contributed by atoms with Crippen LogP contribution in [-0.4, -0.2) is 64.0 Å². The number of halogens is 1. The Balaban J connectivity index is 0.000000438. The predicted molar refractivity (Wildman–Crippen MR) is 112 cm³/mol. The van der Waals surface area contributed by atoms with Gasteiger partial charge in [-0.1, -0.05) is 35.0 Å². The van der Waals surface area contributed by atoms with E-state index in [4.69, 9.17) is 19.8 Å². The Morgan fingerprint density at radius 2 is 1.59 bits per heavy atom. The van der Waals surface area contributed by atoms with Crippen molar-refractivity contribution < 1.29 is 24.6 Å². The van der Waals surface area contributed by atoms with Gasteiger partial charge < -0.3 is 15.1 Å². The summed E-state index contributed by atoms with van der Waals surface area (Å²) in [5.74, 6) is -2.31. The fourth-order valence-electron chi connectivity index (χ4n) is 3.83. The summed E-state index contributed by atoms with van der Waals surface area (Å²) in [6.07, 6.45) is 4.48. The number of benzene rings is 1. The van der Waals surface area contributed by atoms with Crippen molar-refractivity contribution in [2.75, 3.05) is 26.2 Å². The first-order valence-electron chi connectivity index (χ1n) is 9.98. The molecule has 0 saturated carbocycles. The minimum atomic E-state index is -1.82. The molecule has 2 heterocycles. The molecule has 1 aromatic rings. The highest BCUT2D eigenvalue weighted by atomic mass is 79.9. The fourth-order valence-corrected chi connectivity index (χ4v) is 4.10.